The summed E-state index contributed by atoms with van der Waals surface area (Å²) in [6, 6.07) is 14.0. The number of morpholine rings is 1. The van der Waals surface area contributed by atoms with Crippen LogP contribution < -0.4 is 11.1 Å². The van der Waals surface area contributed by atoms with Crippen molar-refractivity contribution in [1.29, 1.82) is 0 Å². The van der Waals surface area contributed by atoms with E-state index in [4.69, 9.17) is 10.5 Å². The normalized spacial score (nSPS) is 16.6. The number of hydrogen-bond donors (Lipinski definition) is 2. The zero-order valence-electron chi connectivity index (χ0n) is 21.4. The molecule has 1 saturated carbocycles. The molecule has 0 atom stereocenters. The predicted octanol–water partition coefficient (Wildman–Crippen LogP) is 4.59. The van der Waals surface area contributed by atoms with Gasteiger partial charge >= 0.3 is 0 Å². The van der Waals surface area contributed by atoms with E-state index in [9.17, 15) is 9.59 Å². The summed E-state index contributed by atoms with van der Waals surface area (Å²) in [7, 11) is 0. The number of nitrogen functional groups attached to an aromatic ring is 1. The standard InChI is InChI=1S/C30H36N4O3/c31-29-24(10-11-28(35)32-19-21-6-2-1-3-7-21)16-25(20-33-29)26-17-22-8-4-5-9-23(22)18-27(26)30(36)34-12-14-37-15-13-34/h4-5,8-9,16-18,20-21H,1-3,6-7,10-15,19H2,(H2,31,33)(H,32,35). The number of ether oxygens (including phenoxy) is 1. The van der Waals surface area contributed by atoms with E-state index in [0.717, 1.165) is 34.0 Å². The Hall–Kier alpha value is -3.45. The highest BCUT2D eigenvalue weighted by Gasteiger charge is 2.23. The van der Waals surface area contributed by atoms with Gasteiger partial charge in [0, 0.05) is 43.4 Å². The molecule has 1 aliphatic heterocycles. The van der Waals surface area contributed by atoms with Crippen molar-refractivity contribution in [2.24, 2.45) is 5.92 Å². The quantitative estimate of drug-likeness (QED) is 0.495. The van der Waals surface area contributed by atoms with Crippen molar-refractivity contribution in [3.05, 3.63) is 59.8 Å². The summed E-state index contributed by atoms with van der Waals surface area (Å²) < 4.78 is 5.45. The second-order valence-electron chi connectivity index (χ2n) is 10.2. The zero-order chi connectivity index (χ0) is 25.6. The molecule has 7 nitrogen and oxygen atoms in total. The lowest BCUT2D eigenvalue weighted by molar-refractivity contribution is -0.121. The highest BCUT2D eigenvalue weighted by atomic mass is 16.5. The number of nitrogens with zero attached hydrogens (tertiary/aromatic N) is 2. The van der Waals surface area contributed by atoms with E-state index in [0.29, 0.717) is 56.4 Å². The third kappa shape index (κ3) is 6.10. The third-order valence-electron chi connectivity index (χ3n) is 7.66. The summed E-state index contributed by atoms with van der Waals surface area (Å²) >= 11 is 0. The maximum absolute atomic E-state index is 13.6. The van der Waals surface area contributed by atoms with Crippen LogP contribution in [0.3, 0.4) is 0 Å². The summed E-state index contributed by atoms with van der Waals surface area (Å²) in [5, 5.41) is 5.18. The van der Waals surface area contributed by atoms with Crippen LogP contribution in [0.1, 0.15) is 54.4 Å². The SMILES string of the molecule is Nc1ncc(-c2cc3ccccc3cc2C(=O)N2CCOCC2)cc1CCC(=O)NCC1CCCCC1. The van der Waals surface area contributed by atoms with Crippen LogP contribution in [0, 0.1) is 5.92 Å². The molecule has 7 heteroatoms. The summed E-state index contributed by atoms with van der Waals surface area (Å²) in [4.78, 5) is 32.4. The number of pyridine rings is 1. The van der Waals surface area contributed by atoms with Gasteiger partial charge in [-0.3, -0.25) is 9.59 Å². The Labute approximate surface area is 218 Å². The number of nitrogens with one attached hydrogen (secondary N) is 1. The van der Waals surface area contributed by atoms with Gasteiger partial charge in [0.1, 0.15) is 5.82 Å². The molecule has 1 aromatic heterocycles. The maximum Gasteiger partial charge on any atom is 0.254 e. The lowest BCUT2D eigenvalue weighted by Gasteiger charge is -2.28. The minimum atomic E-state index is -0.00971. The average molecular weight is 501 g/mol. The van der Waals surface area contributed by atoms with Crippen molar-refractivity contribution in [1.82, 2.24) is 15.2 Å². The number of rotatable bonds is 7. The van der Waals surface area contributed by atoms with Crippen molar-refractivity contribution in [3.8, 4) is 11.1 Å². The third-order valence-corrected chi connectivity index (χ3v) is 7.66. The first-order chi connectivity index (χ1) is 18.1. The van der Waals surface area contributed by atoms with E-state index in [-0.39, 0.29) is 11.8 Å². The first-order valence-corrected chi connectivity index (χ1v) is 13.5. The van der Waals surface area contributed by atoms with Crippen molar-refractivity contribution < 1.29 is 14.3 Å². The van der Waals surface area contributed by atoms with Gasteiger partial charge in [0.15, 0.2) is 0 Å². The molecule has 2 amide bonds. The van der Waals surface area contributed by atoms with Gasteiger partial charge in [-0.2, -0.15) is 0 Å². The number of amides is 2. The second-order valence-corrected chi connectivity index (χ2v) is 10.2. The monoisotopic (exact) mass is 500 g/mol. The van der Waals surface area contributed by atoms with Crippen LogP contribution >= 0.6 is 0 Å². The molecule has 0 spiro atoms. The van der Waals surface area contributed by atoms with Gasteiger partial charge in [-0.15, -0.1) is 0 Å². The number of fused-ring (bicyclic) bond motifs is 1. The van der Waals surface area contributed by atoms with Crippen LogP contribution in [-0.4, -0.2) is 54.5 Å². The number of carbonyl (C=O) groups is 2. The number of nitrogens with two attached hydrogens (primary N) is 1. The van der Waals surface area contributed by atoms with E-state index in [1.54, 1.807) is 6.20 Å². The van der Waals surface area contributed by atoms with E-state index in [2.05, 4.69) is 16.4 Å². The summed E-state index contributed by atoms with van der Waals surface area (Å²) in [5.74, 6) is 1.06. The molecule has 2 aromatic carbocycles. The number of benzene rings is 2. The van der Waals surface area contributed by atoms with Crippen molar-refractivity contribution in [3.63, 3.8) is 0 Å². The molecular weight excluding hydrogens is 464 g/mol. The highest BCUT2D eigenvalue weighted by Crippen LogP contribution is 2.31. The smallest absolute Gasteiger partial charge is 0.254 e. The van der Waals surface area contributed by atoms with Crippen LogP contribution in [0.15, 0.2) is 48.7 Å². The van der Waals surface area contributed by atoms with Crippen LogP contribution in [0.25, 0.3) is 21.9 Å². The Balaban J connectivity index is 1.37. The molecule has 194 valence electrons. The summed E-state index contributed by atoms with van der Waals surface area (Å²) in [5.41, 5.74) is 9.34. The number of aromatic nitrogens is 1. The van der Waals surface area contributed by atoms with Crippen LogP contribution in [0.4, 0.5) is 5.82 Å². The number of aryl methyl sites for hydroxylation is 1. The molecule has 2 heterocycles. The maximum atomic E-state index is 13.6. The topological polar surface area (TPSA) is 97.6 Å². The molecular formula is C30H36N4O3. The molecule has 37 heavy (non-hydrogen) atoms. The van der Waals surface area contributed by atoms with Gasteiger partial charge in [-0.05, 0) is 65.3 Å². The Kier molecular flexibility index (Phi) is 7.99. The Morgan fingerprint density at radius 2 is 1.76 bits per heavy atom. The molecule has 0 unspecified atom stereocenters. The highest BCUT2D eigenvalue weighted by molar-refractivity contribution is 6.05. The van der Waals surface area contributed by atoms with Crippen LogP contribution in [0.5, 0.6) is 0 Å². The van der Waals surface area contributed by atoms with Crippen molar-refractivity contribution in [2.45, 2.75) is 44.9 Å². The Morgan fingerprint density at radius 1 is 1.03 bits per heavy atom. The zero-order valence-corrected chi connectivity index (χ0v) is 21.4. The fourth-order valence-electron chi connectivity index (χ4n) is 5.45. The van der Waals surface area contributed by atoms with Gasteiger partial charge in [-0.1, -0.05) is 43.5 Å². The molecule has 3 aromatic rings. The number of hydrogen-bond acceptors (Lipinski definition) is 5. The van der Waals surface area contributed by atoms with Gasteiger partial charge in [0.25, 0.3) is 5.91 Å². The van der Waals surface area contributed by atoms with E-state index >= 15 is 0 Å². The van der Waals surface area contributed by atoms with Gasteiger partial charge in [0.05, 0.1) is 13.2 Å². The number of anilines is 1. The van der Waals surface area contributed by atoms with Gasteiger partial charge < -0.3 is 20.7 Å². The molecule has 2 aliphatic rings. The molecule has 3 N–H and O–H groups in total. The molecule has 5 rings (SSSR count). The molecule has 1 saturated heterocycles. The van der Waals surface area contributed by atoms with Crippen LogP contribution in [-0.2, 0) is 16.0 Å². The molecule has 1 aliphatic carbocycles. The molecule has 0 radical (unpaired) electrons. The van der Waals surface area contributed by atoms with E-state index in [1.165, 1.54) is 32.1 Å². The first kappa shape index (κ1) is 25.2. The summed E-state index contributed by atoms with van der Waals surface area (Å²) in [6.45, 7) is 3.01. The van der Waals surface area contributed by atoms with Crippen molar-refractivity contribution in [2.75, 3.05) is 38.6 Å². The summed E-state index contributed by atoms with van der Waals surface area (Å²) in [6.07, 6.45) is 8.84. The van der Waals surface area contributed by atoms with Crippen LogP contribution in [0.2, 0.25) is 0 Å². The van der Waals surface area contributed by atoms with E-state index in [1.807, 2.05) is 41.3 Å². The Bertz CT molecular complexity index is 1260. The minimum absolute atomic E-state index is 0.00971. The second kappa shape index (κ2) is 11.7. The molecule has 2 fully saturated rings. The minimum Gasteiger partial charge on any atom is -0.383 e. The molecule has 0 bridgehead atoms. The predicted molar refractivity (Wildman–Crippen MR) is 146 cm³/mol. The first-order valence-electron chi connectivity index (χ1n) is 13.5. The average Bonchev–Trinajstić information content (AvgIpc) is 2.95. The fourth-order valence-corrected chi connectivity index (χ4v) is 5.45. The lowest BCUT2D eigenvalue weighted by atomic mass is 9.89. The van der Waals surface area contributed by atoms with E-state index < -0.39 is 0 Å². The largest absolute Gasteiger partial charge is 0.383 e. The number of carbonyl (C=O) groups excluding carboxylic acids is 2. The van der Waals surface area contributed by atoms with Gasteiger partial charge in [0.2, 0.25) is 5.91 Å². The lowest BCUT2D eigenvalue weighted by Crippen LogP contribution is -2.40. The van der Waals surface area contributed by atoms with Crippen molar-refractivity contribution >= 4 is 28.4 Å². The Morgan fingerprint density at radius 3 is 2.51 bits per heavy atom. The fraction of sp³-hybridized carbons (Fsp3) is 0.433. The van der Waals surface area contributed by atoms with Gasteiger partial charge in [-0.25, -0.2) is 4.98 Å².